The zero-order chi connectivity index (χ0) is 17.5. The van der Waals surface area contributed by atoms with Gasteiger partial charge in [-0.3, -0.25) is 4.79 Å². The van der Waals surface area contributed by atoms with E-state index in [1.54, 1.807) is 18.1 Å². The van der Waals surface area contributed by atoms with Crippen molar-refractivity contribution >= 4 is 16.9 Å². The molecule has 1 atom stereocenters. The highest BCUT2D eigenvalue weighted by molar-refractivity contribution is 6.00. The molecule has 130 valence electrons. The smallest absolute Gasteiger partial charge is 0.290 e. The monoisotopic (exact) mass is 333 g/mol. The average molecular weight is 333 g/mol. The van der Waals surface area contributed by atoms with Crippen molar-refractivity contribution < 1.29 is 23.8 Å². The summed E-state index contributed by atoms with van der Waals surface area (Å²) in [6, 6.07) is 5.59. The van der Waals surface area contributed by atoms with Gasteiger partial charge in [-0.05, 0) is 26.8 Å². The minimum atomic E-state index is -0.515. The molecule has 6 heteroatoms. The van der Waals surface area contributed by atoms with Gasteiger partial charge in [0.2, 0.25) is 0 Å². The Labute approximate surface area is 140 Å². The summed E-state index contributed by atoms with van der Waals surface area (Å²) in [6.07, 6.45) is -0.392. The molecule has 6 nitrogen and oxygen atoms in total. The van der Waals surface area contributed by atoms with Gasteiger partial charge in [-0.1, -0.05) is 12.1 Å². The van der Waals surface area contributed by atoms with Crippen molar-refractivity contribution in [1.29, 1.82) is 0 Å². The van der Waals surface area contributed by atoms with Crippen LogP contribution in [0, 0.1) is 6.92 Å². The largest absolute Gasteiger partial charge is 0.493 e. The SMILES string of the molecule is COc1cccc2c(C)c(C(=O)N3CC(CO)OC(C)(C)C3)oc12. The van der Waals surface area contributed by atoms with E-state index in [0.717, 1.165) is 10.9 Å². The third kappa shape index (κ3) is 2.87. The molecule has 24 heavy (non-hydrogen) atoms. The summed E-state index contributed by atoms with van der Waals surface area (Å²) in [5.41, 5.74) is 0.852. The third-order valence-corrected chi connectivity index (χ3v) is 4.31. The molecule has 0 spiro atoms. The molecule has 0 radical (unpaired) electrons. The van der Waals surface area contributed by atoms with Crippen molar-refractivity contribution in [3.05, 3.63) is 29.5 Å². The highest BCUT2D eigenvalue weighted by Crippen LogP contribution is 2.33. The summed E-state index contributed by atoms with van der Waals surface area (Å²) in [4.78, 5) is 14.7. The number of carbonyl (C=O) groups excluding carboxylic acids is 1. The number of aryl methyl sites for hydroxylation is 1. The fraction of sp³-hybridized carbons (Fsp3) is 0.500. The number of furan rings is 1. The predicted octanol–water partition coefficient (Wildman–Crippen LogP) is 2.36. The van der Waals surface area contributed by atoms with E-state index in [1.165, 1.54) is 0 Å². The highest BCUT2D eigenvalue weighted by Gasteiger charge is 2.37. The van der Waals surface area contributed by atoms with E-state index >= 15 is 0 Å². The van der Waals surface area contributed by atoms with E-state index in [9.17, 15) is 9.90 Å². The van der Waals surface area contributed by atoms with E-state index in [1.807, 2.05) is 32.9 Å². The lowest BCUT2D eigenvalue weighted by Crippen LogP contribution is -2.55. The number of aliphatic hydroxyl groups excluding tert-OH is 1. The van der Waals surface area contributed by atoms with Crippen LogP contribution in [0.1, 0.15) is 30.0 Å². The second kappa shape index (κ2) is 6.11. The molecule has 1 aliphatic heterocycles. The number of para-hydroxylation sites is 1. The van der Waals surface area contributed by atoms with Crippen LogP contribution in [0.4, 0.5) is 0 Å². The Balaban J connectivity index is 1.98. The van der Waals surface area contributed by atoms with E-state index in [4.69, 9.17) is 13.9 Å². The van der Waals surface area contributed by atoms with Crippen molar-refractivity contribution in [1.82, 2.24) is 4.90 Å². The number of amides is 1. The number of ether oxygens (including phenoxy) is 2. The number of hydrogen-bond acceptors (Lipinski definition) is 5. The van der Waals surface area contributed by atoms with Crippen LogP contribution in [-0.4, -0.2) is 54.4 Å². The molecular weight excluding hydrogens is 310 g/mol. The van der Waals surface area contributed by atoms with Gasteiger partial charge in [-0.25, -0.2) is 0 Å². The van der Waals surface area contributed by atoms with Crippen LogP contribution in [0.15, 0.2) is 22.6 Å². The fourth-order valence-electron chi connectivity index (χ4n) is 3.27. The van der Waals surface area contributed by atoms with Gasteiger partial charge in [0.25, 0.3) is 5.91 Å². The van der Waals surface area contributed by atoms with E-state index in [-0.39, 0.29) is 12.5 Å². The maximum absolute atomic E-state index is 13.0. The van der Waals surface area contributed by atoms with Gasteiger partial charge in [0.1, 0.15) is 0 Å². The molecule has 0 bridgehead atoms. The van der Waals surface area contributed by atoms with Crippen LogP contribution in [0.5, 0.6) is 5.75 Å². The first-order valence-electron chi connectivity index (χ1n) is 8.00. The zero-order valence-electron chi connectivity index (χ0n) is 14.5. The first-order valence-corrected chi connectivity index (χ1v) is 8.00. The number of nitrogens with zero attached hydrogens (tertiary/aromatic N) is 1. The topological polar surface area (TPSA) is 72.1 Å². The number of methoxy groups -OCH3 is 1. The zero-order valence-corrected chi connectivity index (χ0v) is 14.5. The molecular formula is C18H23NO5. The van der Waals surface area contributed by atoms with Gasteiger partial charge in [0.15, 0.2) is 17.1 Å². The molecule has 1 aromatic heterocycles. The molecule has 1 aromatic carbocycles. The molecule has 1 fully saturated rings. The van der Waals surface area contributed by atoms with Gasteiger partial charge < -0.3 is 23.9 Å². The summed E-state index contributed by atoms with van der Waals surface area (Å²) < 4.78 is 16.9. The first-order chi connectivity index (χ1) is 11.4. The molecule has 2 aromatic rings. The van der Waals surface area contributed by atoms with Crippen LogP contribution in [0.3, 0.4) is 0 Å². The normalized spacial score (nSPS) is 20.4. The second-order valence-corrected chi connectivity index (χ2v) is 6.76. The van der Waals surface area contributed by atoms with Crippen molar-refractivity contribution in [3.63, 3.8) is 0 Å². The standard InChI is InChI=1S/C18H23NO5/c1-11-13-6-5-7-14(22-4)16(13)23-15(11)17(21)19-8-12(9-20)24-18(2,3)10-19/h5-7,12,20H,8-10H2,1-4H3. The van der Waals surface area contributed by atoms with Gasteiger partial charge in [-0.15, -0.1) is 0 Å². The van der Waals surface area contributed by atoms with Gasteiger partial charge >= 0.3 is 0 Å². The Morgan fingerprint density at radius 2 is 2.21 bits per heavy atom. The summed E-state index contributed by atoms with van der Waals surface area (Å²) in [5.74, 6) is 0.717. The summed E-state index contributed by atoms with van der Waals surface area (Å²) in [6.45, 7) is 6.34. The number of aliphatic hydroxyl groups is 1. The van der Waals surface area contributed by atoms with Crippen molar-refractivity contribution in [2.45, 2.75) is 32.5 Å². The molecule has 2 heterocycles. The fourth-order valence-corrected chi connectivity index (χ4v) is 3.27. The molecule has 1 saturated heterocycles. The Hall–Kier alpha value is -2.05. The van der Waals surface area contributed by atoms with E-state index in [0.29, 0.717) is 30.2 Å². The van der Waals surface area contributed by atoms with Crippen LogP contribution in [0.2, 0.25) is 0 Å². The van der Waals surface area contributed by atoms with Gasteiger partial charge in [0.05, 0.1) is 25.4 Å². The molecule has 1 aliphatic rings. The van der Waals surface area contributed by atoms with Crippen LogP contribution >= 0.6 is 0 Å². The van der Waals surface area contributed by atoms with Crippen LogP contribution in [0.25, 0.3) is 11.0 Å². The number of hydrogen-bond donors (Lipinski definition) is 1. The maximum Gasteiger partial charge on any atom is 0.290 e. The Bertz CT molecular complexity index is 764. The van der Waals surface area contributed by atoms with E-state index < -0.39 is 11.7 Å². The van der Waals surface area contributed by atoms with Crippen LogP contribution < -0.4 is 4.74 Å². The number of benzene rings is 1. The molecule has 3 rings (SSSR count). The maximum atomic E-state index is 13.0. The lowest BCUT2D eigenvalue weighted by molar-refractivity contribution is -0.139. The molecule has 1 N–H and O–H groups in total. The lowest BCUT2D eigenvalue weighted by atomic mass is 10.0. The Kier molecular flexibility index (Phi) is 4.27. The molecule has 1 unspecified atom stereocenters. The van der Waals surface area contributed by atoms with Gasteiger partial charge in [0, 0.05) is 24.0 Å². The second-order valence-electron chi connectivity index (χ2n) is 6.76. The lowest BCUT2D eigenvalue weighted by Gasteiger charge is -2.42. The van der Waals surface area contributed by atoms with Crippen molar-refractivity contribution in [2.24, 2.45) is 0 Å². The van der Waals surface area contributed by atoms with E-state index in [2.05, 4.69) is 0 Å². The number of carbonyl (C=O) groups is 1. The summed E-state index contributed by atoms with van der Waals surface area (Å²) in [5, 5.41) is 10.3. The molecule has 1 amide bonds. The molecule has 0 aliphatic carbocycles. The number of fused-ring (bicyclic) bond motifs is 1. The third-order valence-electron chi connectivity index (χ3n) is 4.31. The quantitative estimate of drug-likeness (QED) is 0.933. The van der Waals surface area contributed by atoms with Crippen molar-refractivity contribution in [2.75, 3.05) is 26.8 Å². The van der Waals surface area contributed by atoms with Crippen molar-refractivity contribution in [3.8, 4) is 5.75 Å². The Morgan fingerprint density at radius 1 is 1.46 bits per heavy atom. The highest BCUT2D eigenvalue weighted by atomic mass is 16.5. The average Bonchev–Trinajstić information content (AvgIpc) is 2.89. The number of morpholine rings is 1. The predicted molar refractivity (Wildman–Crippen MR) is 89.4 cm³/mol. The van der Waals surface area contributed by atoms with Gasteiger partial charge in [-0.2, -0.15) is 0 Å². The first kappa shape index (κ1) is 16.8. The van der Waals surface area contributed by atoms with Crippen LogP contribution in [-0.2, 0) is 4.74 Å². The number of rotatable bonds is 3. The summed E-state index contributed by atoms with van der Waals surface area (Å²) in [7, 11) is 1.57. The molecule has 0 saturated carbocycles. The minimum absolute atomic E-state index is 0.125. The Morgan fingerprint density at radius 3 is 2.88 bits per heavy atom. The summed E-state index contributed by atoms with van der Waals surface area (Å²) >= 11 is 0. The minimum Gasteiger partial charge on any atom is -0.493 e.